The normalized spacial score (nSPS) is 11.0. The molecule has 2 rings (SSSR count). The van der Waals surface area contributed by atoms with Crippen LogP contribution in [-0.2, 0) is 9.53 Å². The van der Waals surface area contributed by atoms with Gasteiger partial charge in [0.1, 0.15) is 5.75 Å². The summed E-state index contributed by atoms with van der Waals surface area (Å²) in [5.41, 5.74) is 0.648. The molecule has 4 heteroatoms. The van der Waals surface area contributed by atoms with E-state index in [1.165, 1.54) is 6.08 Å². The first kappa shape index (κ1) is 15.0. The lowest BCUT2D eigenvalue weighted by molar-refractivity contribution is -0.136. The Morgan fingerprint density at radius 1 is 1.33 bits per heavy atom. The lowest BCUT2D eigenvalue weighted by Crippen LogP contribution is -2.01. The molecule has 2 aromatic carbocycles. The van der Waals surface area contributed by atoms with E-state index in [9.17, 15) is 4.79 Å². The van der Waals surface area contributed by atoms with Gasteiger partial charge in [0.05, 0.1) is 12.1 Å². The quantitative estimate of drug-likeness (QED) is 0.491. The van der Waals surface area contributed by atoms with Crippen molar-refractivity contribution in [2.24, 2.45) is 0 Å². The van der Waals surface area contributed by atoms with E-state index in [0.717, 1.165) is 10.8 Å². The second-order valence-electron chi connectivity index (χ2n) is 4.17. The molecular weight excluding hydrogens is 288 g/mol. The maximum Gasteiger partial charge on any atom is 0.333 e. The fraction of sp³-hybridized carbons (Fsp3) is 0.118. The Kier molecular flexibility index (Phi) is 4.86. The SMILES string of the molecule is C#CCOC(=O)/C=C(/Cl)c1c(OC)ccc2ccccc12. The van der Waals surface area contributed by atoms with Gasteiger partial charge in [-0.1, -0.05) is 47.9 Å². The van der Waals surface area contributed by atoms with Gasteiger partial charge in [-0.25, -0.2) is 4.79 Å². The molecule has 0 aliphatic carbocycles. The molecule has 0 spiro atoms. The smallest absolute Gasteiger partial charge is 0.333 e. The average Bonchev–Trinajstić information content (AvgIpc) is 2.51. The van der Waals surface area contributed by atoms with Gasteiger partial charge in [0, 0.05) is 11.6 Å². The van der Waals surface area contributed by atoms with Gasteiger partial charge in [-0.15, -0.1) is 6.42 Å². The molecule has 0 aromatic heterocycles. The van der Waals surface area contributed by atoms with Gasteiger partial charge in [0.2, 0.25) is 0 Å². The van der Waals surface area contributed by atoms with Crippen LogP contribution in [0.4, 0.5) is 0 Å². The summed E-state index contributed by atoms with van der Waals surface area (Å²) in [4.78, 5) is 11.6. The van der Waals surface area contributed by atoms with Gasteiger partial charge in [-0.3, -0.25) is 0 Å². The summed E-state index contributed by atoms with van der Waals surface area (Å²) in [6.07, 6.45) is 6.24. The molecule has 0 N–H and O–H groups in total. The fourth-order valence-corrected chi connectivity index (χ4v) is 2.28. The second kappa shape index (κ2) is 6.83. The molecule has 0 atom stereocenters. The van der Waals surface area contributed by atoms with Crippen LogP contribution < -0.4 is 4.74 Å². The summed E-state index contributed by atoms with van der Waals surface area (Å²) >= 11 is 6.27. The van der Waals surface area contributed by atoms with E-state index >= 15 is 0 Å². The molecule has 0 saturated heterocycles. The predicted octanol–water partition coefficient (Wildman–Crippen LogP) is 3.60. The molecule has 0 aliphatic heterocycles. The van der Waals surface area contributed by atoms with Gasteiger partial charge in [-0.05, 0) is 16.8 Å². The number of methoxy groups -OCH3 is 1. The first-order valence-corrected chi connectivity index (χ1v) is 6.58. The van der Waals surface area contributed by atoms with Gasteiger partial charge in [0.15, 0.2) is 6.61 Å². The minimum Gasteiger partial charge on any atom is -0.496 e. The number of hydrogen-bond acceptors (Lipinski definition) is 3. The fourth-order valence-electron chi connectivity index (χ4n) is 2.00. The summed E-state index contributed by atoms with van der Waals surface area (Å²) in [7, 11) is 1.55. The molecule has 106 valence electrons. The lowest BCUT2D eigenvalue weighted by atomic mass is 10.0. The number of ether oxygens (including phenoxy) is 2. The average molecular weight is 301 g/mol. The Hall–Kier alpha value is -2.44. The highest BCUT2D eigenvalue weighted by Gasteiger charge is 2.13. The number of terminal acetylenes is 1. The minimum absolute atomic E-state index is 0.0911. The third-order valence-electron chi connectivity index (χ3n) is 2.89. The van der Waals surface area contributed by atoms with Crippen molar-refractivity contribution < 1.29 is 14.3 Å². The third-order valence-corrected chi connectivity index (χ3v) is 3.19. The summed E-state index contributed by atoms with van der Waals surface area (Å²) in [5.74, 6) is 2.22. The highest BCUT2D eigenvalue weighted by molar-refractivity contribution is 6.51. The number of carbonyl (C=O) groups is 1. The Morgan fingerprint density at radius 2 is 2.10 bits per heavy atom. The highest BCUT2D eigenvalue weighted by atomic mass is 35.5. The molecule has 0 bridgehead atoms. The summed E-state index contributed by atoms with van der Waals surface area (Å²) in [6.45, 7) is -0.0911. The Bertz CT molecular complexity index is 741. The molecule has 2 aromatic rings. The Morgan fingerprint density at radius 3 is 2.81 bits per heavy atom. The van der Waals surface area contributed by atoms with E-state index in [0.29, 0.717) is 11.3 Å². The molecule has 0 fully saturated rings. The van der Waals surface area contributed by atoms with E-state index < -0.39 is 5.97 Å². The number of carbonyl (C=O) groups excluding carboxylic acids is 1. The summed E-state index contributed by atoms with van der Waals surface area (Å²) in [6, 6.07) is 11.4. The Labute approximate surface area is 128 Å². The van der Waals surface area contributed by atoms with Crippen LogP contribution in [0.1, 0.15) is 5.56 Å². The topological polar surface area (TPSA) is 35.5 Å². The number of halogens is 1. The van der Waals surface area contributed by atoms with Gasteiger partial charge < -0.3 is 9.47 Å². The molecule has 0 amide bonds. The zero-order chi connectivity index (χ0) is 15.2. The molecular formula is C17H13ClO3. The zero-order valence-corrected chi connectivity index (χ0v) is 12.2. The zero-order valence-electron chi connectivity index (χ0n) is 11.4. The van der Waals surface area contributed by atoms with Crippen molar-refractivity contribution in [2.45, 2.75) is 0 Å². The molecule has 0 saturated carbocycles. The predicted molar refractivity (Wildman–Crippen MR) is 84.1 cm³/mol. The summed E-state index contributed by atoms with van der Waals surface area (Å²) in [5, 5.41) is 2.13. The van der Waals surface area contributed by atoms with Crippen LogP contribution >= 0.6 is 11.6 Å². The largest absolute Gasteiger partial charge is 0.496 e. The minimum atomic E-state index is -0.590. The van der Waals surface area contributed by atoms with Crippen LogP contribution in [-0.4, -0.2) is 19.7 Å². The van der Waals surface area contributed by atoms with Gasteiger partial charge in [-0.2, -0.15) is 0 Å². The molecule has 0 aliphatic rings. The van der Waals surface area contributed by atoms with Crippen LogP contribution in [0, 0.1) is 12.3 Å². The maximum absolute atomic E-state index is 11.6. The number of hydrogen-bond donors (Lipinski definition) is 0. The molecule has 3 nitrogen and oxygen atoms in total. The van der Waals surface area contributed by atoms with Crippen molar-refractivity contribution in [2.75, 3.05) is 13.7 Å². The van der Waals surface area contributed by atoms with Crippen molar-refractivity contribution in [3.05, 3.63) is 48.0 Å². The molecule has 0 radical (unpaired) electrons. The van der Waals surface area contributed by atoms with Crippen LogP contribution in [0.2, 0.25) is 0 Å². The maximum atomic E-state index is 11.6. The van der Waals surface area contributed by atoms with E-state index in [-0.39, 0.29) is 11.6 Å². The van der Waals surface area contributed by atoms with Crippen molar-refractivity contribution in [3.63, 3.8) is 0 Å². The molecule has 0 unspecified atom stereocenters. The number of benzene rings is 2. The second-order valence-corrected chi connectivity index (χ2v) is 4.58. The van der Waals surface area contributed by atoms with Crippen molar-refractivity contribution in [1.29, 1.82) is 0 Å². The van der Waals surface area contributed by atoms with Crippen LogP contribution in [0.25, 0.3) is 15.8 Å². The highest BCUT2D eigenvalue weighted by Crippen LogP contribution is 2.35. The van der Waals surface area contributed by atoms with Crippen LogP contribution in [0.3, 0.4) is 0 Å². The van der Waals surface area contributed by atoms with Gasteiger partial charge in [0.25, 0.3) is 0 Å². The van der Waals surface area contributed by atoms with Crippen LogP contribution in [0.5, 0.6) is 5.75 Å². The first-order chi connectivity index (χ1) is 10.2. The van der Waals surface area contributed by atoms with Crippen molar-refractivity contribution in [1.82, 2.24) is 0 Å². The number of rotatable bonds is 4. The van der Waals surface area contributed by atoms with E-state index in [2.05, 4.69) is 5.92 Å². The standard InChI is InChI=1S/C17H13ClO3/c1-3-10-21-16(19)11-14(18)17-13-7-5-4-6-12(13)8-9-15(17)20-2/h1,4-9,11H,10H2,2H3/b14-11+. The van der Waals surface area contributed by atoms with Crippen LogP contribution in [0.15, 0.2) is 42.5 Å². The monoisotopic (exact) mass is 300 g/mol. The van der Waals surface area contributed by atoms with Gasteiger partial charge >= 0.3 is 5.97 Å². The van der Waals surface area contributed by atoms with Crippen molar-refractivity contribution in [3.8, 4) is 18.1 Å². The van der Waals surface area contributed by atoms with Crippen molar-refractivity contribution >= 4 is 33.4 Å². The number of fused-ring (bicyclic) bond motifs is 1. The van der Waals surface area contributed by atoms with E-state index in [1.807, 2.05) is 30.3 Å². The first-order valence-electron chi connectivity index (χ1n) is 6.21. The number of esters is 1. The molecule has 0 heterocycles. The van der Waals surface area contributed by atoms with E-state index in [4.69, 9.17) is 27.5 Å². The Balaban J connectivity index is 2.51. The van der Waals surface area contributed by atoms with E-state index in [1.54, 1.807) is 13.2 Å². The lowest BCUT2D eigenvalue weighted by Gasteiger charge is -2.11. The summed E-state index contributed by atoms with van der Waals surface area (Å²) < 4.78 is 10.1. The third kappa shape index (κ3) is 3.36. The molecule has 21 heavy (non-hydrogen) atoms.